The van der Waals surface area contributed by atoms with Crippen molar-refractivity contribution < 1.29 is 14.6 Å². The quantitative estimate of drug-likeness (QED) is 0.715. The summed E-state index contributed by atoms with van der Waals surface area (Å²) in [4.78, 5) is 15.1. The van der Waals surface area contributed by atoms with Crippen LogP contribution >= 0.6 is 11.6 Å². The van der Waals surface area contributed by atoms with E-state index in [1.54, 1.807) is 22.8 Å². The second-order valence-electron chi connectivity index (χ2n) is 8.12. The fourth-order valence-electron chi connectivity index (χ4n) is 4.77. The van der Waals surface area contributed by atoms with Crippen molar-refractivity contribution in [3.05, 3.63) is 53.4 Å². The number of aliphatic hydroxyl groups excluding tert-OH is 1. The van der Waals surface area contributed by atoms with Gasteiger partial charge in [0.15, 0.2) is 0 Å². The van der Waals surface area contributed by atoms with Crippen LogP contribution in [0.4, 0.5) is 0 Å². The van der Waals surface area contributed by atoms with E-state index < -0.39 is 6.10 Å². The van der Waals surface area contributed by atoms with Gasteiger partial charge in [0.2, 0.25) is 0 Å². The normalized spacial score (nSPS) is 26.7. The monoisotopic (exact) mass is 414 g/mol. The largest absolute Gasteiger partial charge is 0.488 e. The van der Waals surface area contributed by atoms with E-state index in [9.17, 15) is 9.90 Å². The van der Waals surface area contributed by atoms with Crippen LogP contribution in [-0.4, -0.2) is 55.4 Å². The molecule has 1 aromatic carbocycles. The molecule has 2 aromatic heterocycles. The number of hydrogen-bond donors (Lipinski definition) is 1. The van der Waals surface area contributed by atoms with E-state index in [1.807, 2.05) is 41.0 Å². The number of aliphatic hydroxyl groups is 1. The molecule has 0 bridgehead atoms. The van der Waals surface area contributed by atoms with Crippen molar-refractivity contribution in [2.24, 2.45) is 18.9 Å². The van der Waals surface area contributed by atoms with Crippen molar-refractivity contribution in [3.8, 4) is 5.75 Å². The number of hydrogen-bond acceptors (Lipinski definition) is 4. The Morgan fingerprint density at radius 1 is 1.24 bits per heavy atom. The SMILES string of the molecule is Cn1ccn2ncc(C(=O)N3C[C@H]4C[C@@H](Oc5cccc(Cl)c5)[C@H](O)C[C@H]4C3)c12. The average molecular weight is 415 g/mol. The molecule has 1 aliphatic heterocycles. The Kier molecular flexibility index (Phi) is 4.52. The average Bonchev–Trinajstić information content (AvgIpc) is 3.38. The van der Waals surface area contributed by atoms with Gasteiger partial charge in [-0.25, -0.2) is 4.52 Å². The Bertz CT molecular complexity index is 1060. The lowest BCUT2D eigenvalue weighted by molar-refractivity contribution is -0.0231. The van der Waals surface area contributed by atoms with Gasteiger partial charge < -0.3 is 19.3 Å². The zero-order valence-corrected chi connectivity index (χ0v) is 16.9. The minimum atomic E-state index is -0.555. The summed E-state index contributed by atoms with van der Waals surface area (Å²) in [5, 5.41) is 15.5. The van der Waals surface area contributed by atoms with Gasteiger partial charge >= 0.3 is 0 Å². The number of fused-ring (bicyclic) bond motifs is 2. The predicted molar refractivity (Wildman–Crippen MR) is 108 cm³/mol. The topological polar surface area (TPSA) is 72.0 Å². The number of aromatic nitrogens is 3. The van der Waals surface area contributed by atoms with Gasteiger partial charge in [0.25, 0.3) is 5.91 Å². The molecule has 4 atom stereocenters. The number of carbonyl (C=O) groups is 1. The summed E-state index contributed by atoms with van der Waals surface area (Å²) in [5.41, 5.74) is 1.41. The maximum atomic E-state index is 13.2. The van der Waals surface area contributed by atoms with Crippen molar-refractivity contribution in [2.75, 3.05) is 13.1 Å². The highest BCUT2D eigenvalue weighted by Gasteiger charge is 2.44. The van der Waals surface area contributed by atoms with Gasteiger partial charge in [0.1, 0.15) is 23.1 Å². The number of nitrogens with zero attached hydrogens (tertiary/aromatic N) is 4. The fraction of sp³-hybridized carbons (Fsp3) is 0.429. The number of likely N-dealkylation sites (tertiary alicyclic amines) is 1. The molecule has 152 valence electrons. The van der Waals surface area contributed by atoms with Crippen LogP contribution in [0.3, 0.4) is 0 Å². The number of amides is 1. The first-order valence-electron chi connectivity index (χ1n) is 9.88. The van der Waals surface area contributed by atoms with E-state index in [-0.39, 0.29) is 17.9 Å². The minimum Gasteiger partial charge on any atom is -0.488 e. The van der Waals surface area contributed by atoms with E-state index in [1.165, 1.54) is 0 Å². The molecular weight excluding hydrogens is 392 g/mol. The Labute approximate surface area is 173 Å². The lowest BCUT2D eigenvalue weighted by Crippen LogP contribution is -2.42. The number of halogens is 1. The van der Waals surface area contributed by atoms with Gasteiger partial charge in [-0.05, 0) is 42.9 Å². The third kappa shape index (κ3) is 3.28. The van der Waals surface area contributed by atoms with Gasteiger partial charge in [0.05, 0.1) is 12.3 Å². The van der Waals surface area contributed by atoms with Crippen LogP contribution in [0.25, 0.3) is 5.65 Å². The summed E-state index contributed by atoms with van der Waals surface area (Å²) in [6.45, 7) is 1.33. The molecule has 1 N–H and O–H groups in total. The van der Waals surface area contributed by atoms with Crippen LogP contribution < -0.4 is 4.74 Å². The van der Waals surface area contributed by atoms with Crippen LogP contribution in [0.15, 0.2) is 42.9 Å². The van der Waals surface area contributed by atoms with Crippen LogP contribution in [0.2, 0.25) is 5.02 Å². The van der Waals surface area contributed by atoms with Gasteiger partial charge in [-0.15, -0.1) is 0 Å². The van der Waals surface area contributed by atoms with Gasteiger partial charge in [-0.1, -0.05) is 17.7 Å². The first-order valence-corrected chi connectivity index (χ1v) is 10.3. The van der Waals surface area contributed by atoms with E-state index in [4.69, 9.17) is 16.3 Å². The summed E-state index contributed by atoms with van der Waals surface area (Å²) in [6.07, 6.45) is 5.87. The summed E-state index contributed by atoms with van der Waals surface area (Å²) < 4.78 is 9.65. The third-order valence-corrected chi connectivity index (χ3v) is 6.46. The van der Waals surface area contributed by atoms with Gasteiger partial charge in [0, 0.05) is 37.6 Å². The number of benzene rings is 1. The smallest absolute Gasteiger partial charge is 0.259 e. The number of carbonyl (C=O) groups excluding carboxylic acids is 1. The van der Waals surface area contributed by atoms with Crippen molar-refractivity contribution in [1.29, 1.82) is 0 Å². The molecule has 3 aromatic rings. The summed E-state index contributed by atoms with van der Waals surface area (Å²) in [5.74, 6) is 1.26. The highest BCUT2D eigenvalue weighted by molar-refractivity contribution is 6.30. The molecular formula is C21H23ClN4O3. The standard InChI is InChI=1S/C21H23ClN4O3/c1-24-5-6-26-20(24)17(10-23-26)21(28)25-11-13-7-18(27)19(8-14(13)12-25)29-16-4-2-3-15(22)9-16/h2-6,9-10,13-14,18-19,27H,7-8,11-12H2,1H3/t13-,14+,18+,19+/m0/s1. The molecule has 0 unspecified atom stereocenters. The zero-order valence-electron chi connectivity index (χ0n) is 16.1. The van der Waals surface area contributed by atoms with E-state index in [0.29, 0.717) is 41.8 Å². The molecule has 2 fully saturated rings. The van der Waals surface area contributed by atoms with E-state index >= 15 is 0 Å². The number of imidazole rings is 1. The molecule has 8 heteroatoms. The van der Waals surface area contributed by atoms with Crippen molar-refractivity contribution >= 4 is 23.2 Å². The molecule has 1 saturated carbocycles. The third-order valence-electron chi connectivity index (χ3n) is 6.22. The number of aryl methyl sites for hydroxylation is 1. The Morgan fingerprint density at radius 2 is 2.03 bits per heavy atom. The van der Waals surface area contributed by atoms with Crippen LogP contribution in [0.1, 0.15) is 23.2 Å². The van der Waals surface area contributed by atoms with Crippen molar-refractivity contribution in [2.45, 2.75) is 25.0 Å². The molecule has 3 heterocycles. The summed E-state index contributed by atoms with van der Waals surface area (Å²) >= 11 is 6.04. The molecule has 2 aliphatic rings. The minimum absolute atomic E-state index is 0.00185. The molecule has 7 nitrogen and oxygen atoms in total. The number of ether oxygens (including phenoxy) is 1. The van der Waals surface area contributed by atoms with Crippen LogP contribution in [-0.2, 0) is 7.05 Å². The van der Waals surface area contributed by atoms with Gasteiger partial charge in [-0.2, -0.15) is 5.10 Å². The highest BCUT2D eigenvalue weighted by Crippen LogP contribution is 2.38. The maximum absolute atomic E-state index is 13.2. The van der Waals surface area contributed by atoms with Crippen molar-refractivity contribution in [1.82, 2.24) is 19.1 Å². The first kappa shape index (κ1) is 18.5. The first-order chi connectivity index (χ1) is 14.0. The molecule has 1 saturated heterocycles. The Balaban J connectivity index is 1.30. The van der Waals surface area contributed by atoms with E-state index in [0.717, 1.165) is 12.1 Å². The van der Waals surface area contributed by atoms with Crippen molar-refractivity contribution in [3.63, 3.8) is 0 Å². The lowest BCUT2D eigenvalue weighted by Gasteiger charge is -2.35. The van der Waals surface area contributed by atoms with Crippen LogP contribution in [0, 0.1) is 11.8 Å². The highest BCUT2D eigenvalue weighted by atomic mass is 35.5. The molecule has 0 radical (unpaired) electrons. The molecule has 1 aliphatic carbocycles. The second kappa shape index (κ2) is 7.07. The van der Waals surface area contributed by atoms with Crippen LogP contribution in [0.5, 0.6) is 5.75 Å². The maximum Gasteiger partial charge on any atom is 0.259 e. The Morgan fingerprint density at radius 3 is 2.83 bits per heavy atom. The molecule has 1 amide bonds. The van der Waals surface area contributed by atoms with Gasteiger partial charge in [-0.3, -0.25) is 4.79 Å². The summed E-state index contributed by atoms with van der Waals surface area (Å²) in [6, 6.07) is 7.24. The zero-order chi connectivity index (χ0) is 20.1. The predicted octanol–water partition coefficient (Wildman–Crippen LogP) is 2.62. The number of rotatable bonds is 3. The van der Waals surface area contributed by atoms with E-state index in [2.05, 4.69) is 5.10 Å². The molecule has 5 rings (SSSR count). The fourth-order valence-corrected chi connectivity index (χ4v) is 4.95. The molecule has 0 spiro atoms. The molecule has 29 heavy (non-hydrogen) atoms. The Hall–Kier alpha value is -2.51. The summed E-state index contributed by atoms with van der Waals surface area (Å²) in [7, 11) is 1.91. The second-order valence-corrected chi connectivity index (χ2v) is 8.55. The lowest BCUT2D eigenvalue weighted by atomic mass is 9.78.